The third-order valence-corrected chi connectivity index (χ3v) is 4.84. The second kappa shape index (κ2) is 7.31. The minimum absolute atomic E-state index is 0.0397. The van der Waals surface area contributed by atoms with Gasteiger partial charge in [-0.05, 0) is 33.8 Å². The van der Waals surface area contributed by atoms with Crippen molar-refractivity contribution in [2.45, 2.75) is 38.7 Å². The molecule has 12 heteroatoms. The van der Waals surface area contributed by atoms with Gasteiger partial charge in [0.1, 0.15) is 11.4 Å². The Morgan fingerprint density at radius 1 is 1.26 bits per heavy atom. The number of nitro groups is 1. The maximum absolute atomic E-state index is 11.1. The third-order valence-electron chi connectivity index (χ3n) is 3.95. The molecule has 0 N–H and O–H groups in total. The summed E-state index contributed by atoms with van der Waals surface area (Å²) in [6.07, 6.45) is 1.69. The van der Waals surface area contributed by atoms with Crippen LogP contribution in [0, 0.1) is 37.8 Å². The molecular formula is C15H19N9O2S. The highest BCUT2D eigenvalue weighted by Crippen LogP contribution is 2.25. The van der Waals surface area contributed by atoms with Crippen LogP contribution in [0.2, 0.25) is 0 Å². The molecule has 0 amide bonds. The molecule has 0 aliphatic rings. The van der Waals surface area contributed by atoms with E-state index in [1.165, 1.54) is 11.8 Å². The Hall–Kier alpha value is -3.02. The fourth-order valence-electron chi connectivity index (χ4n) is 2.63. The number of hydrogen-bond donors (Lipinski definition) is 0. The van der Waals surface area contributed by atoms with Crippen LogP contribution in [0.5, 0.6) is 0 Å². The van der Waals surface area contributed by atoms with Gasteiger partial charge in [0.15, 0.2) is 5.82 Å². The molecule has 3 heterocycles. The lowest BCUT2D eigenvalue weighted by Crippen LogP contribution is -2.03. The van der Waals surface area contributed by atoms with E-state index >= 15 is 0 Å². The average Bonchev–Trinajstić information content (AvgIpc) is 3.19. The molecule has 142 valence electrons. The predicted octanol–water partition coefficient (Wildman–Crippen LogP) is 1.98. The van der Waals surface area contributed by atoms with Gasteiger partial charge in [-0.25, -0.2) is 0 Å². The van der Waals surface area contributed by atoms with Gasteiger partial charge in [-0.2, -0.15) is 20.0 Å². The molecule has 3 rings (SSSR count). The van der Waals surface area contributed by atoms with Gasteiger partial charge in [0.25, 0.3) is 0 Å². The Morgan fingerprint density at radius 3 is 2.59 bits per heavy atom. The van der Waals surface area contributed by atoms with Crippen molar-refractivity contribution in [2.24, 2.45) is 12.1 Å². The van der Waals surface area contributed by atoms with Crippen molar-refractivity contribution in [1.29, 1.82) is 0 Å². The number of hydrogen-bond acceptors (Lipinski definition) is 8. The first kappa shape index (κ1) is 18.8. The first-order valence-corrected chi connectivity index (χ1v) is 9.04. The van der Waals surface area contributed by atoms with Crippen LogP contribution >= 0.6 is 11.8 Å². The molecule has 0 saturated heterocycles. The largest absolute Gasteiger partial charge is 0.312 e. The molecule has 0 radical (unpaired) electrons. The highest BCUT2D eigenvalue weighted by molar-refractivity contribution is 7.98. The lowest BCUT2D eigenvalue weighted by molar-refractivity contribution is -0.386. The predicted molar refractivity (Wildman–Crippen MR) is 99.9 cm³/mol. The van der Waals surface area contributed by atoms with Crippen molar-refractivity contribution in [1.82, 2.24) is 34.4 Å². The van der Waals surface area contributed by atoms with Gasteiger partial charge in [-0.1, -0.05) is 11.8 Å². The topological polar surface area (TPSA) is 122 Å². The molecule has 27 heavy (non-hydrogen) atoms. The molecule has 0 saturated carbocycles. The summed E-state index contributed by atoms with van der Waals surface area (Å²) < 4.78 is 4.94. The van der Waals surface area contributed by atoms with E-state index in [-0.39, 0.29) is 5.69 Å². The normalized spacial score (nSPS) is 11.6. The Bertz CT molecular complexity index is 1030. The lowest BCUT2D eigenvalue weighted by Gasteiger charge is -2.04. The Kier molecular flexibility index (Phi) is 5.08. The van der Waals surface area contributed by atoms with Crippen LogP contribution in [0.3, 0.4) is 0 Å². The molecule has 0 unspecified atom stereocenters. The molecule has 0 aliphatic carbocycles. The van der Waals surface area contributed by atoms with E-state index in [1.807, 2.05) is 20.0 Å². The summed E-state index contributed by atoms with van der Waals surface area (Å²) in [6.45, 7) is 7.02. The van der Waals surface area contributed by atoms with Crippen LogP contribution in [0.1, 0.15) is 28.6 Å². The molecule has 0 atom stereocenters. The van der Waals surface area contributed by atoms with Crippen LogP contribution in [0.4, 0.5) is 5.69 Å². The summed E-state index contributed by atoms with van der Waals surface area (Å²) >= 11 is 1.34. The quantitative estimate of drug-likeness (QED) is 0.273. The fourth-order valence-corrected chi connectivity index (χ4v) is 3.52. The SMILES string of the molecule is Cc1cc(/C=N/n2c(C)nnc2SCn2nc(C)c([N+](=O)[O-])c2C)n(C)n1. The Morgan fingerprint density at radius 2 is 2.00 bits per heavy atom. The van der Waals surface area contributed by atoms with E-state index in [0.717, 1.165) is 11.4 Å². The summed E-state index contributed by atoms with van der Waals surface area (Å²) in [4.78, 5) is 10.7. The minimum Gasteiger partial charge on any atom is -0.267 e. The number of thioether (sulfide) groups is 1. The highest BCUT2D eigenvalue weighted by Gasteiger charge is 2.22. The van der Waals surface area contributed by atoms with E-state index in [1.54, 1.807) is 41.0 Å². The van der Waals surface area contributed by atoms with Gasteiger partial charge in [0.05, 0.1) is 28.4 Å². The van der Waals surface area contributed by atoms with Crippen molar-refractivity contribution in [3.63, 3.8) is 0 Å². The molecule has 0 bridgehead atoms. The van der Waals surface area contributed by atoms with Crippen LogP contribution < -0.4 is 0 Å². The maximum atomic E-state index is 11.1. The van der Waals surface area contributed by atoms with Gasteiger partial charge in [-0.15, -0.1) is 10.2 Å². The number of nitrogens with zero attached hydrogens (tertiary/aromatic N) is 9. The molecule has 0 aromatic carbocycles. The number of rotatable bonds is 6. The smallest absolute Gasteiger partial charge is 0.267 e. The zero-order chi connectivity index (χ0) is 19.7. The number of aromatic nitrogens is 7. The third kappa shape index (κ3) is 3.74. The second-order valence-corrected chi connectivity index (χ2v) is 6.88. The van der Waals surface area contributed by atoms with E-state index in [0.29, 0.717) is 28.2 Å². The molecule has 11 nitrogen and oxygen atoms in total. The van der Waals surface area contributed by atoms with Crippen molar-refractivity contribution >= 4 is 23.7 Å². The molecule has 0 aliphatic heterocycles. The molecule has 0 fully saturated rings. The highest BCUT2D eigenvalue weighted by atomic mass is 32.2. The standard InChI is InChI=1S/C15H19N9O2S/c1-9-6-13(21(5)19-9)7-16-23-12(4)17-18-15(23)27-8-22-11(3)14(24(25)26)10(2)20-22/h6-7H,8H2,1-5H3/b16-7+. The van der Waals surface area contributed by atoms with E-state index < -0.39 is 4.92 Å². The van der Waals surface area contributed by atoms with Crippen LogP contribution in [-0.4, -0.2) is 45.6 Å². The summed E-state index contributed by atoms with van der Waals surface area (Å²) in [5.41, 5.74) is 2.69. The molecule has 0 spiro atoms. The van der Waals surface area contributed by atoms with Crippen molar-refractivity contribution in [3.05, 3.63) is 44.8 Å². The summed E-state index contributed by atoms with van der Waals surface area (Å²) in [5.74, 6) is 0.992. The van der Waals surface area contributed by atoms with Gasteiger partial charge >= 0.3 is 5.69 Å². The lowest BCUT2D eigenvalue weighted by atomic mass is 10.3. The average molecular weight is 389 g/mol. The summed E-state index contributed by atoms with van der Waals surface area (Å²) in [6, 6.07) is 1.92. The van der Waals surface area contributed by atoms with Crippen LogP contribution in [0.15, 0.2) is 16.3 Å². The van der Waals surface area contributed by atoms with Crippen molar-refractivity contribution in [3.8, 4) is 0 Å². The fraction of sp³-hybridized carbons (Fsp3) is 0.400. The molecular weight excluding hydrogens is 370 g/mol. The second-order valence-electron chi connectivity index (χ2n) is 5.97. The minimum atomic E-state index is -0.411. The van der Waals surface area contributed by atoms with E-state index in [4.69, 9.17) is 0 Å². The zero-order valence-corrected chi connectivity index (χ0v) is 16.4. The first-order chi connectivity index (χ1) is 12.8. The summed E-state index contributed by atoms with van der Waals surface area (Å²) in [5, 5.41) is 32.8. The molecule has 3 aromatic rings. The Balaban J connectivity index is 1.81. The maximum Gasteiger partial charge on any atom is 0.312 e. The van der Waals surface area contributed by atoms with Gasteiger partial charge in [-0.3, -0.25) is 19.5 Å². The monoisotopic (exact) mass is 389 g/mol. The molecule has 3 aromatic heterocycles. The summed E-state index contributed by atoms with van der Waals surface area (Å²) in [7, 11) is 1.85. The zero-order valence-electron chi connectivity index (χ0n) is 15.6. The first-order valence-electron chi connectivity index (χ1n) is 8.06. The van der Waals surface area contributed by atoms with E-state index in [9.17, 15) is 10.1 Å². The Labute approximate surface area is 159 Å². The van der Waals surface area contributed by atoms with Gasteiger partial charge < -0.3 is 0 Å². The van der Waals surface area contributed by atoms with Crippen LogP contribution in [-0.2, 0) is 12.9 Å². The van der Waals surface area contributed by atoms with Gasteiger partial charge in [0.2, 0.25) is 5.16 Å². The van der Waals surface area contributed by atoms with Crippen molar-refractivity contribution in [2.75, 3.05) is 0 Å². The van der Waals surface area contributed by atoms with Crippen molar-refractivity contribution < 1.29 is 4.92 Å². The number of aryl methyl sites for hydroxylation is 4. The van der Waals surface area contributed by atoms with Crippen LogP contribution in [0.25, 0.3) is 0 Å². The van der Waals surface area contributed by atoms with E-state index in [2.05, 4.69) is 25.5 Å². The van der Waals surface area contributed by atoms with Gasteiger partial charge in [0, 0.05) is 7.05 Å².